The Morgan fingerprint density at radius 2 is 1.04 bits per heavy atom. The summed E-state index contributed by atoms with van der Waals surface area (Å²) in [6.45, 7) is 4.23. The first-order valence-electron chi connectivity index (χ1n) is 21.7. The number of anilines is 5. The molecule has 12 heteroatoms. The molecule has 1 unspecified atom stereocenters. The van der Waals surface area contributed by atoms with E-state index in [4.69, 9.17) is 4.98 Å². The van der Waals surface area contributed by atoms with E-state index in [1.165, 1.54) is 11.1 Å². The normalized spacial score (nSPS) is 14.7. The minimum atomic E-state index is 0. The first-order valence-corrected chi connectivity index (χ1v) is 21.7. The maximum Gasteiger partial charge on any atom is 0.170 e. The van der Waals surface area contributed by atoms with Crippen LogP contribution in [0, 0.1) is 25.5 Å². The van der Waals surface area contributed by atoms with Crippen molar-refractivity contribution >= 4 is 69.8 Å². The molecule has 2 aromatic heterocycles. The number of para-hydroxylation sites is 6. The summed E-state index contributed by atoms with van der Waals surface area (Å²) in [4.78, 5) is 22.4. The number of rotatable bonds is 14. The van der Waals surface area contributed by atoms with Crippen LogP contribution in [0.1, 0.15) is 24.0 Å². The molecular weight excluding hydrogens is 1190 g/mol. The largest absolute Gasteiger partial charge is 0.473 e. The van der Waals surface area contributed by atoms with E-state index in [0.29, 0.717) is 4.59 Å². The summed E-state index contributed by atoms with van der Waals surface area (Å²) >= 11 is 0. The molecule has 0 saturated heterocycles. The fourth-order valence-electron chi connectivity index (χ4n) is 7.84. The second-order valence-corrected chi connectivity index (χ2v) is 15.4. The third-order valence-corrected chi connectivity index (χ3v) is 11.1. The van der Waals surface area contributed by atoms with Gasteiger partial charge in [0, 0.05) is 60.6 Å². The minimum Gasteiger partial charge on any atom is -0.473 e. The van der Waals surface area contributed by atoms with E-state index in [1.807, 2.05) is 158 Å². The van der Waals surface area contributed by atoms with Gasteiger partial charge in [-0.25, -0.2) is 9.97 Å². The van der Waals surface area contributed by atoms with E-state index in [1.54, 1.807) is 12.7 Å². The van der Waals surface area contributed by atoms with Gasteiger partial charge >= 0.3 is 0 Å². The van der Waals surface area contributed by atoms with Gasteiger partial charge < -0.3 is 40.0 Å². The summed E-state index contributed by atoms with van der Waals surface area (Å²) in [5, 5.41) is 11.4. The first-order chi connectivity index (χ1) is 32.1. The number of aryl methyl sites for hydroxylation is 2. The Hall–Kier alpha value is -6.70. The van der Waals surface area contributed by atoms with E-state index in [0.717, 1.165) is 82.8 Å². The van der Waals surface area contributed by atoms with Crippen molar-refractivity contribution in [3.63, 3.8) is 0 Å². The van der Waals surface area contributed by atoms with E-state index in [2.05, 4.69) is 109 Å². The van der Waals surface area contributed by atoms with Crippen LogP contribution in [0.2, 0.25) is 0 Å². The molecule has 10 rings (SSSR count). The zero-order valence-electron chi connectivity index (χ0n) is 36.7. The quantitative estimate of drug-likeness (QED) is 0.0356. The molecule has 0 amide bonds. The summed E-state index contributed by atoms with van der Waals surface area (Å²) in [5.41, 5.74) is 10.2. The van der Waals surface area contributed by atoms with Crippen LogP contribution < -0.4 is 19.4 Å². The Balaban J connectivity index is 0.000000194. The molecule has 67 heavy (non-hydrogen) atoms. The number of aromatic nitrogens is 2. The van der Waals surface area contributed by atoms with Crippen LogP contribution in [0.25, 0.3) is 10.6 Å². The predicted octanol–water partition coefficient (Wildman–Crippen LogP) is 14.0. The fourth-order valence-corrected chi connectivity index (χ4v) is 7.84. The van der Waals surface area contributed by atoms with Crippen molar-refractivity contribution in [3.8, 4) is 0 Å². The molecule has 0 aliphatic carbocycles. The SMILES string of the molecule is C(=Nc1ccccc1)[N-]c1ccccc1CCCCc1ccccc1[N-]C=Nc1ccccc1.C[N+]1(N2[CH-]N(c3[c-]cccc3)c3ncccc32)[CH-]N(c2[c-]cccc2)c2ncccc21.[Pt].[Pt]. The zero-order valence-corrected chi connectivity index (χ0v) is 41.3. The molecule has 0 saturated carbocycles. The molecule has 342 valence electrons. The molecule has 4 heterocycles. The molecule has 0 N–H and O–H groups in total. The molecule has 2 aliphatic heterocycles. The van der Waals surface area contributed by atoms with Crippen LogP contribution in [0.4, 0.5) is 57.1 Å². The third-order valence-electron chi connectivity index (χ3n) is 11.1. The molecular formula is C55H47N10Pt2-5. The van der Waals surface area contributed by atoms with Gasteiger partial charge in [0.15, 0.2) is 11.5 Å². The van der Waals surface area contributed by atoms with Gasteiger partial charge in [0.1, 0.15) is 5.82 Å². The second kappa shape index (κ2) is 23.7. The van der Waals surface area contributed by atoms with Crippen molar-refractivity contribution in [2.45, 2.75) is 25.7 Å². The molecule has 6 aromatic carbocycles. The molecule has 0 radical (unpaired) electrons. The van der Waals surface area contributed by atoms with Gasteiger partial charge in [-0.05, 0) is 84.4 Å². The van der Waals surface area contributed by atoms with E-state index in [9.17, 15) is 0 Å². The van der Waals surface area contributed by atoms with E-state index in [-0.39, 0.29) is 42.1 Å². The first kappa shape index (κ1) is 48.2. The Morgan fingerprint density at radius 3 is 1.60 bits per heavy atom. The number of hydrogen-bond acceptors (Lipinski definition) is 7. The summed E-state index contributed by atoms with van der Waals surface area (Å²) in [6.07, 6.45) is 11.0. The van der Waals surface area contributed by atoms with Crippen LogP contribution in [-0.2, 0) is 55.0 Å². The van der Waals surface area contributed by atoms with Gasteiger partial charge in [-0.1, -0.05) is 134 Å². The Morgan fingerprint density at radius 1 is 0.552 bits per heavy atom. The Labute approximate surface area is 422 Å². The number of fused-ring (bicyclic) bond motifs is 2. The monoisotopic (exact) mass is 1240 g/mol. The molecule has 0 fully saturated rings. The molecule has 1 atom stereocenters. The number of aliphatic imine (C=N–C) groups is 2. The van der Waals surface area contributed by atoms with E-state index >= 15 is 0 Å². The van der Waals surface area contributed by atoms with Gasteiger partial charge in [0.25, 0.3) is 0 Å². The third kappa shape index (κ3) is 11.6. The van der Waals surface area contributed by atoms with Crippen molar-refractivity contribution in [1.29, 1.82) is 0 Å². The van der Waals surface area contributed by atoms with Gasteiger partial charge in [0.05, 0.1) is 12.7 Å². The van der Waals surface area contributed by atoms with Crippen LogP contribution in [0.5, 0.6) is 0 Å². The van der Waals surface area contributed by atoms with Crippen LogP contribution >= 0.6 is 0 Å². The summed E-state index contributed by atoms with van der Waals surface area (Å²) < 4.78 is 0.383. The van der Waals surface area contributed by atoms with Crippen LogP contribution in [0.15, 0.2) is 204 Å². The fraction of sp³-hybridized carbons (Fsp3) is 0.0909. The second-order valence-electron chi connectivity index (χ2n) is 15.4. The molecule has 0 spiro atoms. The van der Waals surface area contributed by atoms with Gasteiger partial charge in [-0.3, -0.25) is 0 Å². The smallest absolute Gasteiger partial charge is 0.170 e. The van der Waals surface area contributed by atoms with Crippen LogP contribution in [-0.4, -0.2) is 29.7 Å². The predicted molar refractivity (Wildman–Crippen MR) is 267 cm³/mol. The number of pyridine rings is 2. The average Bonchev–Trinajstić information content (AvgIpc) is 3.92. The maximum absolute atomic E-state index is 4.70. The zero-order chi connectivity index (χ0) is 44.1. The van der Waals surface area contributed by atoms with Crippen molar-refractivity contribution in [3.05, 3.63) is 242 Å². The van der Waals surface area contributed by atoms with Gasteiger partial charge in [-0.15, -0.1) is 11.8 Å². The number of hydrogen-bond donors (Lipinski definition) is 0. The Kier molecular flexibility index (Phi) is 17.0. The van der Waals surface area contributed by atoms with Crippen molar-refractivity contribution in [1.82, 2.24) is 14.6 Å². The van der Waals surface area contributed by atoms with Crippen LogP contribution in [0.3, 0.4) is 0 Å². The average molecular weight is 1240 g/mol. The van der Waals surface area contributed by atoms with Gasteiger partial charge in [0.2, 0.25) is 0 Å². The van der Waals surface area contributed by atoms with Gasteiger partial charge in [-0.2, -0.15) is 54.6 Å². The standard InChI is InChI=1S/C30H28N4.C25H19N6.2Pt/c1-3-17-27(18-4-1)31-23-33-29-21-11-9-15-25(29)13-7-8-14-26-16-10-12-22-30(26)34-24-32-28-19-5-2-6-20-28;1-31(19-29(21-12-6-3-7-13-21)25-23(31)15-9-17-27-25)30-18-28(20-10-4-2-5-11-20)24-22(30)14-8-16-26-24;;/h1-6,9-12,15-24H,7-8,13-14H2;2-10,12,14-19H,1H3;;/q-2;-3;;. The number of benzene rings is 6. The minimum absolute atomic E-state index is 0. The number of quaternary nitrogens is 1. The van der Waals surface area contributed by atoms with Crippen molar-refractivity contribution in [2.24, 2.45) is 9.98 Å². The summed E-state index contributed by atoms with van der Waals surface area (Å²) in [7, 11) is 2.15. The van der Waals surface area contributed by atoms with Crippen molar-refractivity contribution < 1.29 is 42.1 Å². The maximum atomic E-state index is 4.70. The van der Waals surface area contributed by atoms with Crippen molar-refractivity contribution in [2.75, 3.05) is 21.9 Å². The summed E-state index contributed by atoms with van der Waals surface area (Å²) in [5.74, 6) is 1.75. The molecule has 0 bridgehead atoms. The summed E-state index contributed by atoms with van der Waals surface area (Å²) in [6, 6.07) is 67.0. The molecule has 10 nitrogen and oxygen atoms in total. The number of unbranched alkanes of at least 4 members (excludes halogenated alkanes) is 1. The molecule has 2 aliphatic rings. The van der Waals surface area contributed by atoms with E-state index < -0.39 is 0 Å². The number of nitrogens with zero attached hydrogens (tertiary/aromatic N) is 10. The molecule has 8 aromatic rings. The Bertz CT molecular complexity index is 2740. The topological polar surface area (TPSA) is 88.4 Å².